The van der Waals surface area contributed by atoms with E-state index in [1.807, 2.05) is 6.92 Å². The van der Waals surface area contributed by atoms with E-state index in [2.05, 4.69) is 0 Å². The predicted molar refractivity (Wildman–Crippen MR) is 82.5 cm³/mol. The molecular weight excluding hydrogens is 286 g/mol. The molecular formula is C16H17NO3S. The molecule has 0 saturated carbocycles. The molecule has 0 aliphatic carbocycles. The number of nitrogens with zero attached hydrogens (tertiary/aromatic N) is 1. The van der Waals surface area contributed by atoms with Crippen molar-refractivity contribution in [1.29, 1.82) is 0 Å². The number of rotatable bonds is 5. The maximum atomic E-state index is 12.8. The number of amides is 1. The average Bonchev–Trinajstić information content (AvgIpc) is 2.49. The first-order chi connectivity index (χ1) is 10.1. The Bertz CT molecular complexity index is 697. The van der Waals surface area contributed by atoms with Crippen molar-refractivity contribution in [3.8, 4) is 0 Å². The highest BCUT2D eigenvalue weighted by atomic mass is 32.2. The second-order valence-electron chi connectivity index (χ2n) is 4.56. The van der Waals surface area contributed by atoms with Gasteiger partial charge in [0.05, 0.1) is 10.6 Å². The molecule has 2 rings (SSSR count). The van der Waals surface area contributed by atoms with Crippen LogP contribution in [0.5, 0.6) is 0 Å². The summed E-state index contributed by atoms with van der Waals surface area (Å²) in [5, 5.41) is 0. The van der Waals surface area contributed by atoms with E-state index < -0.39 is 15.9 Å². The third kappa shape index (κ3) is 3.31. The van der Waals surface area contributed by atoms with Crippen LogP contribution in [-0.4, -0.2) is 14.3 Å². The standard InChI is InChI=1S/C16H17NO3S/c1-2-9-16(18)17(14-10-5-3-6-11-14)21(19,20)15-12-7-4-8-13-15/h3-8,10-13H,2,9H2,1H3. The van der Waals surface area contributed by atoms with E-state index in [-0.39, 0.29) is 11.3 Å². The van der Waals surface area contributed by atoms with Crippen LogP contribution in [0.4, 0.5) is 5.69 Å². The zero-order chi connectivity index (χ0) is 15.3. The lowest BCUT2D eigenvalue weighted by atomic mass is 10.3. The van der Waals surface area contributed by atoms with Crippen LogP contribution < -0.4 is 4.31 Å². The van der Waals surface area contributed by atoms with Gasteiger partial charge in [-0.15, -0.1) is 0 Å². The number of carbonyl (C=O) groups excluding carboxylic acids is 1. The summed E-state index contributed by atoms with van der Waals surface area (Å²) in [6, 6.07) is 16.4. The molecule has 0 heterocycles. The molecule has 0 aliphatic rings. The highest BCUT2D eigenvalue weighted by Crippen LogP contribution is 2.24. The number of anilines is 1. The van der Waals surface area contributed by atoms with E-state index >= 15 is 0 Å². The lowest BCUT2D eigenvalue weighted by Crippen LogP contribution is -2.36. The van der Waals surface area contributed by atoms with Gasteiger partial charge in [-0.1, -0.05) is 43.3 Å². The van der Waals surface area contributed by atoms with Crippen molar-refractivity contribution in [1.82, 2.24) is 0 Å². The molecule has 0 fully saturated rings. The molecule has 0 unspecified atom stereocenters. The smallest absolute Gasteiger partial charge is 0.270 e. The molecule has 0 atom stereocenters. The Hall–Kier alpha value is -2.14. The molecule has 21 heavy (non-hydrogen) atoms. The first-order valence-electron chi connectivity index (χ1n) is 6.75. The van der Waals surface area contributed by atoms with Crippen molar-refractivity contribution >= 4 is 21.6 Å². The number of hydrogen-bond acceptors (Lipinski definition) is 3. The van der Waals surface area contributed by atoms with Crippen LogP contribution in [0.2, 0.25) is 0 Å². The Kier molecular flexibility index (Phi) is 4.75. The maximum Gasteiger partial charge on any atom is 0.270 e. The topological polar surface area (TPSA) is 54.5 Å². The number of hydrogen-bond donors (Lipinski definition) is 0. The fraction of sp³-hybridized carbons (Fsp3) is 0.188. The molecule has 1 amide bonds. The van der Waals surface area contributed by atoms with Gasteiger partial charge in [0.25, 0.3) is 10.0 Å². The monoisotopic (exact) mass is 303 g/mol. The summed E-state index contributed by atoms with van der Waals surface area (Å²) in [5.41, 5.74) is 0.361. The van der Waals surface area contributed by atoms with Gasteiger partial charge in [0, 0.05) is 6.42 Å². The van der Waals surface area contributed by atoms with E-state index in [1.54, 1.807) is 48.5 Å². The third-order valence-corrected chi connectivity index (χ3v) is 4.73. The van der Waals surface area contributed by atoms with Gasteiger partial charge in [-0.3, -0.25) is 4.79 Å². The van der Waals surface area contributed by atoms with Crippen molar-refractivity contribution in [2.24, 2.45) is 0 Å². The summed E-state index contributed by atoms with van der Waals surface area (Å²) in [6.45, 7) is 1.84. The average molecular weight is 303 g/mol. The van der Waals surface area contributed by atoms with Gasteiger partial charge in [0.15, 0.2) is 0 Å². The molecule has 110 valence electrons. The second-order valence-corrected chi connectivity index (χ2v) is 6.35. The fourth-order valence-electron chi connectivity index (χ4n) is 1.99. The minimum absolute atomic E-state index is 0.110. The Balaban J connectivity index is 2.53. The van der Waals surface area contributed by atoms with Gasteiger partial charge < -0.3 is 0 Å². The van der Waals surface area contributed by atoms with Crippen LogP contribution >= 0.6 is 0 Å². The second kappa shape index (κ2) is 6.54. The van der Waals surface area contributed by atoms with Crippen molar-refractivity contribution in [3.63, 3.8) is 0 Å². The van der Waals surface area contributed by atoms with Gasteiger partial charge in [-0.2, -0.15) is 0 Å². The Labute approximate surface area is 125 Å². The molecule has 0 spiro atoms. The van der Waals surface area contributed by atoms with Gasteiger partial charge in [-0.25, -0.2) is 12.7 Å². The molecule has 5 heteroatoms. The lowest BCUT2D eigenvalue weighted by molar-refractivity contribution is -0.117. The van der Waals surface area contributed by atoms with Crippen LogP contribution in [0.15, 0.2) is 65.6 Å². The van der Waals surface area contributed by atoms with Crippen LogP contribution in [0.1, 0.15) is 19.8 Å². The Morgan fingerprint density at radius 3 is 2.00 bits per heavy atom. The van der Waals surface area contributed by atoms with E-state index in [0.717, 1.165) is 4.31 Å². The van der Waals surface area contributed by atoms with Crippen molar-refractivity contribution < 1.29 is 13.2 Å². The summed E-state index contributed by atoms with van der Waals surface area (Å²) in [4.78, 5) is 12.4. The van der Waals surface area contributed by atoms with Crippen molar-refractivity contribution in [2.75, 3.05) is 4.31 Å². The highest BCUT2D eigenvalue weighted by molar-refractivity contribution is 7.93. The minimum atomic E-state index is -3.89. The van der Waals surface area contributed by atoms with Crippen LogP contribution in [0.25, 0.3) is 0 Å². The Morgan fingerprint density at radius 2 is 1.48 bits per heavy atom. The molecule has 2 aromatic rings. The zero-order valence-electron chi connectivity index (χ0n) is 11.8. The number of sulfonamides is 1. The van der Waals surface area contributed by atoms with Crippen LogP contribution in [0, 0.1) is 0 Å². The summed E-state index contributed by atoms with van der Waals surface area (Å²) in [6.07, 6.45) is 0.771. The van der Waals surface area contributed by atoms with Crippen LogP contribution in [-0.2, 0) is 14.8 Å². The van der Waals surface area contributed by atoms with E-state index in [0.29, 0.717) is 12.1 Å². The summed E-state index contributed by atoms with van der Waals surface area (Å²) in [5.74, 6) is -0.424. The highest BCUT2D eigenvalue weighted by Gasteiger charge is 2.29. The molecule has 2 aromatic carbocycles. The number of benzene rings is 2. The van der Waals surface area contributed by atoms with Gasteiger partial charge in [-0.05, 0) is 30.7 Å². The van der Waals surface area contributed by atoms with E-state index in [9.17, 15) is 13.2 Å². The molecule has 0 saturated heterocycles. The minimum Gasteiger partial charge on any atom is -0.273 e. The Morgan fingerprint density at radius 1 is 0.952 bits per heavy atom. The maximum absolute atomic E-state index is 12.8. The van der Waals surface area contributed by atoms with Crippen LogP contribution in [0.3, 0.4) is 0 Å². The van der Waals surface area contributed by atoms with Gasteiger partial charge in [0.2, 0.25) is 5.91 Å². The fourth-order valence-corrected chi connectivity index (χ4v) is 3.46. The van der Waals surface area contributed by atoms with Crippen molar-refractivity contribution in [2.45, 2.75) is 24.7 Å². The lowest BCUT2D eigenvalue weighted by Gasteiger charge is -2.22. The van der Waals surface area contributed by atoms with Crippen molar-refractivity contribution in [3.05, 3.63) is 60.7 Å². The molecule has 4 nitrogen and oxygen atoms in total. The number of para-hydroxylation sites is 1. The quantitative estimate of drug-likeness (QED) is 0.852. The molecule has 0 aliphatic heterocycles. The normalized spacial score (nSPS) is 11.1. The molecule has 0 bridgehead atoms. The van der Waals surface area contributed by atoms with Gasteiger partial charge in [0.1, 0.15) is 0 Å². The summed E-state index contributed by atoms with van der Waals surface area (Å²) < 4.78 is 26.4. The molecule has 0 N–H and O–H groups in total. The number of carbonyl (C=O) groups is 1. The first-order valence-corrected chi connectivity index (χ1v) is 8.19. The predicted octanol–water partition coefficient (Wildman–Crippen LogP) is 3.21. The summed E-state index contributed by atoms with van der Waals surface area (Å²) >= 11 is 0. The third-order valence-electron chi connectivity index (χ3n) is 2.96. The largest absolute Gasteiger partial charge is 0.273 e. The molecule has 0 aromatic heterocycles. The first kappa shape index (κ1) is 15.3. The summed E-state index contributed by atoms with van der Waals surface area (Å²) in [7, 11) is -3.89. The molecule has 0 radical (unpaired) electrons. The SMILES string of the molecule is CCCC(=O)N(c1ccccc1)S(=O)(=O)c1ccccc1. The van der Waals surface area contributed by atoms with Gasteiger partial charge >= 0.3 is 0 Å². The van der Waals surface area contributed by atoms with E-state index in [1.165, 1.54) is 12.1 Å². The van der Waals surface area contributed by atoms with E-state index in [4.69, 9.17) is 0 Å². The zero-order valence-corrected chi connectivity index (χ0v) is 12.6.